The molecule has 0 heterocycles. The summed E-state index contributed by atoms with van der Waals surface area (Å²) in [5.74, 6) is 0. The molecule has 3 radical (unpaired) electrons. The van der Waals surface area contributed by atoms with Gasteiger partial charge in [-0.1, -0.05) is 0 Å². The Morgan fingerprint density at radius 2 is 1.00 bits per heavy atom. The Morgan fingerprint density at radius 3 is 1.00 bits per heavy atom. The summed E-state index contributed by atoms with van der Waals surface area (Å²) in [5, 5.41) is 0. The maximum atomic E-state index is 0. The van der Waals surface area contributed by atoms with Gasteiger partial charge in [0, 0.05) is 58.3 Å². The minimum atomic E-state index is 0. The van der Waals surface area contributed by atoms with Gasteiger partial charge in [-0.05, 0) is 0 Å². The van der Waals surface area contributed by atoms with Gasteiger partial charge in [0.15, 0.2) is 0 Å². The van der Waals surface area contributed by atoms with Crippen LogP contribution in [0.15, 0.2) is 0 Å². The molecular weight excluding hydrogens is 601 g/mol. The zero-order chi connectivity index (χ0) is 0. The zero-order valence-electron chi connectivity index (χ0n) is 2.38. The van der Waals surface area contributed by atoms with Crippen LogP contribution in [0.3, 0.4) is 0 Å². The summed E-state index contributed by atoms with van der Waals surface area (Å²) >= 11 is 0. The van der Waals surface area contributed by atoms with Gasteiger partial charge in [-0.2, -0.15) is 0 Å². The van der Waals surface area contributed by atoms with E-state index in [1.807, 2.05) is 0 Å². The molecule has 0 bridgehead atoms. The van der Waals surface area contributed by atoms with Crippen LogP contribution in [0.25, 0.3) is 0 Å². The fourth-order valence-electron chi connectivity index (χ4n) is 0. The fourth-order valence-corrected chi connectivity index (χ4v) is 0. The Labute approximate surface area is 105 Å². The molecular formula is H5CoPdPtSbSn. The fraction of sp³-hybridized carbons (Fsp3) is 0. The molecule has 0 aliphatic heterocycles. The first-order valence-corrected chi connectivity index (χ1v) is 0. The van der Waals surface area contributed by atoms with Gasteiger partial charge in [0.1, 0.15) is 0 Å². The van der Waals surface area contributed by atoms with Crippen molar-refractivity contribution >= 4 is 48.3 Å². The van der Waals surface area contributed by atoms with Gasteiger partial charge < -0.3 is 0 Å². The molecule has 0 atom stereocenters. The van der Waals surface area contributed by atoms with Crippen molar-refractivity contribution < 1.29 is 58.3 Å². The Kier molecular flexibility index (Phi) is 204. The molecule has 0 aromatic carbocycles. The molecule has 5 heteroatoms. The van der Waals surface area contributed by atoms with Crippen molar-refractivity contribution in [3.8, 4) is 0 Å². The zero-order valence-corrected chi connectivity index (χ0v) is 15.3. The molecule has 0 unspecified atom stereocenters. The molecule has 0 amide bonds. The standard InChI is InChI=1S/Co.Pd.Pt.Sb.Sn.5H. The van der Waals surface area contributed by atoms with Gasteiger partial charge in [0.05, 0.1) is 0 Å². The second-order valence-corrected chi connectivity index (χ2v) is 0. The average molecular weight is 606 g/mol. The van der Waals surface area contributed by atoms with Gasteiger partial charge >= 0.3 is 48.3 Å². The molecule has 5 heavy (non-hydrogen) atoms. The SMILES string of the molecule is [Co].[Pd].[Pt].[SbH3].[SnH2]. The van der Waals surface area contributed by atoms with Crippen molar-refractivity contribution in [2.24, 2.45) is 0 Å². The first kappa shape index (κ1) is 39.2. The summed E-state index contributed by atoms with van der Waals surface area (Å²) < 4.78 is 0. The summed E-state index contributed by atoms with van der Waals surface area (Å²) in [4.78, 5) is 0. The van der Waals surface area contributed by atoms with E-state index >= 15 is 0 Å². The first-order chi connectivity index (χ1) is 0. The molecule has 0 spiro atoms. The second-order valence-electron chi connectivity index (χ2n) is 0. The van der Waals surface area contributed by atoms with Crippen LogP contribution in [0, 0.1) is 0 Å². The monoisotopic (exact) mass is 606 g/mol. The van der Waals surface area contributed by atoms with Crippen LogP contribution in [0.2, 0.25) is 0 Å². The molecule has 0 saturated heterocycles. The van der Waals surface area contributed by atoms with Crippen molar-refractivity contribution in [2.75, 3.05) is 0 Å². The van der Waals surface area contributed by atoms with Crippen LogP contribution in [-0.4, -0.2) is 48.3 Å². The van der Waals surface area contributed by atoms with Gasteiger partial charge in [-0.25, -0.2) is 0 Å². The van der Waals surface area contributed by atoms with Crippen LogP contribution in [-0.2, 0) is 58.3 Å². The van der Waals surface area contributed by atoms with E-state index in [4.69, 9.17) is 0 Å². The Balaban J connectivity index is 0. The summed E-state index contributed by atoms with van der Waals surface area (Å²) in [6.07, 6.45) is 0. The van der Waals surface area contributed by atoms with Gasteiger partial charge in [-0.3, -0.25) is 0 Å². The molecule has 43 valence electrons. The summed E-state index contributed by atoms with van der Waals surface area (Å²) in [6.45, 7) is 0. The van der Waals surface area contributed by atoms with Crippen LogP contribution in [0.1, 0.15) is 0 Å². The molecule has 0 aliphatic rings. The van der Waals surface area contributed by atoms with Gasteiger partial charge in [-0.15, -0.1) is 0 Å². The van der Waals surface area contributed by atoms with E-state index in [2.05, 4.69) is 0 Å². The normalized spacial score (nSPS) is 0. The van der Waals surface area contributed by atoms with E-state index in [0.717, 1.165) is 0 Å². The molecule has 0 N–H and O–H groups in total. The average Bonchev–Trinajstić information content (AvgIpc) is 0. The van der Waals surface area contributed by atoms with E-state index in [9.17, 15) is 0 Å². The minimum absolute atomic E-state index is 0. The van der Waals surface area contributed by atoms with E-state index < -0.39 is 0 Å². The third-order valence-electron chi connectivity index (χ3n) is 0. The van der Waals surface area contributed by atoms with Crippen LogP contribution in [0.4, 0.5) is 0 Å². The Bertz CT molecular complexity index is 11.6. The molecule has 0 aromatic heterocycles. The molecule has 0 aromatic rings. The third kappa shape index (κ3) is 18.6. The second kappa shape index (κ2) is 26.0. The van der Waals surface area contributed by atoms with E-state index in [-0.39, 0.29) is 107 Å². The number of hydrogen-bond donors (Lipinski definition) is 0. The van der Waals surface area contributed by atoms with E-state index in [1.165, 1.54) is 0 Å². The molecule has 0 rings (SSSR count). The van der Waals surface area contributed by atoms with Crippen LogP contribution < -0.4 is 0 Å². The number of hydrogen-bond acceptors (Lipinski definition) is 0. The number of rotatable bonds is 0. The Morgan fingerprint density at radius 1 is 1.00 bits per heavy atom. The predicted molar refractivity (Wildman–Crippen MR) is 18.5 cm³/mol. The quantitative estimate of drug-likeness (QED) is 0.278. The maximum absolute atomic E-state index is 0. The topological polar surface area (TPSA) is 0 Å². The van der Waals surface area contributed by atoms with E-state index in [0.29, 0.717) is 0 Å². The van der Waals surface area contributed by atoms with Crippen LogP contribution in [0.5, 0.6) is 0 Å². The third-order valence-corrected chi connectivity index (χ3v) is 0. The van der Waals surface area contributed by atoms with Crippen LogP contribution >= 0.6 is 0 Å². The summed E-state index contributed by atoms with van der Waals surface area (Å²) in [6, 6.07) is 0. The molecule has 0 nitrogen and oxygen atoms in total. The van der Waals surface area contributed by atoms with Gasteiger partial charge in [0.2, 0.25) is 0 Å². The van der Waals surface area contributed by atoms with Crippen molar-refractivity contribution in [1.29, 1.82) is 0 Å². The Hall–Kier alpha value is 3.47. The van der Waals surface area contributed by atoms with Crippen molar-refractivity contribution in [3.05, 3.63) is 0 Å². The summed E-state index contributed by atoms with van der Waals surface area (Å²) in [5.41, 5.74) is 0. The predicted octanol–water partition coefficient (Wildman–Crippen LogP) is -2.11. The first-order valence-electron chi connectivity index (χ1n) is 0. The molecule has 0 fully saturated rings. The van der Waals surface area contributed by atoms with Gasteiger partial charge in [0.25, 0.3) is 0 Å². The molecule has 0 aliphatic carbocycles. The van der Waals surface area contributed by atoms with Crippen molar-refractivity contribution in [2.45, 2.75) is 0 Å². The molecule has 0 saturated carbocycles. The van der Waals surface area contributed by atoms with Crippen molar-refractivity contribution in [3.63, 3.8) is 0 Å². The van der Waals surface area contributed by atoms with E-state index in [1.54, 1.807) is 0 Å². The van der Waals surface area contributed by atoms with Crippen molar-refractivity contribution in [1.82, 2.24) is 0 Å². The summed E-state index contributed by atoms with van der Waals surface area (Å²) in [7, 11) is 0.